The smallest absolute Gasteiger partial charge is 0.197 e. The summed E-state index contributed by atoms with van der Waals surface area (Å²) in [6.07, 6.45) is 6.34. The molecule has 0 spiro atoms. The molecule has 0 fully saturated rings. The highest BCUT2D eigenvalue weighted by Gasteiger charge is 2.29. The van der Waals surface area contributed by atoms with Crippen LogP contribution >= 0.6 is 0 Å². The third-order valence-corrected chi connectivity index (χ3v) is 3.63. The Kier molecular flexibility index (Phi) is 7.90. The van der Waals surface area contributed by atoms with Crippen LogP contribution in [0, 0.1) is 5.41 Å². The number of rotatable bonds is 5. The van der Waals surface area contributed by atoms with Crippen molar-refractivity contribution in [1.29, 1.82) is 5.41 Å². The highest BCUT2D eigenvalue weighted by molar-refractivity contribution is 5.89. The van der Waals surface area contributed by atoms with E-state index >= 15 is 0 Å². The Labute approximate surface area is 145 Å². The van der Waals surface area contributed by atoms with Crippen molar-refractivity contribution in [1.82, 2.24) is 4.98 Å². The summed E-state index contributed by atoms with van der Waals surface area (Å²) in [6, 6.07) is 13.7. The Morgan fingerprint density at radius 2 is 1.67 bits per heavy atom. The lowest BCUT2D eigenvalue weighted by Gasteiger charge is -2.26. The average Bonchev–Trinajstić information content (AvgIpc) is 2.64. The first-order valence-corrected chi connectivity index (χ1v) is 8.48. The van der Waals surface area contributed by atoms with Crippen LogP contribution in [0.2, 0.25) is 0 Å². The molecule has 0 unspecified atom stereocenters. The first-order chi connectivity index (χ1) is 11.6. The Hall–Kier alpha value is -2.42. The minimum absolute atomic E-state index is 0.224. The Bertz CT molecular complexity index is 646. The van der Waals surface area contributed by atoms with E-state index in [2.05, 4.69) is 11.9 Å². The number of pyridine rings is 1. The van der Waals surface area contributed by atoms with Crippen LogP contribution in [-0.2, 0) is 10.2 Å². The fraction of sp³-hybridized carbons (Fsp3) is 0.333. The average molecular weight is 324 g/mol. The Morgan fingerprint density at radius 1 is 1.08 bits per heavy atom. The number of benzene rings is 1. The minimum atomic E-state index is -0.509. The van der Waals surface area contributed by atoms with E-state index < -0.39 is 5.41 Å². The SMILES string of the molecule is CC.CC/C=C(/OC(=N)C(C)(C)c1ccncc1)c1ccccc1. The normalized spacial score (nSPS) is 11.3. The summed E-state index contributed by atoms with van der Waals surface area (Å²) in [5.74, 6) is 0.956. The molecule has 1 N–H and O–H groups in total. The summed E-state index contributed by atoms with van der Waals surface area (Å²) in [5, 5.41) is 8.40. The molecule has 24 heavy (non-hydrogen) atoms. The van der Waals surface area contributed by atoms with Gasteiger partial charge in [-0.3, -0.25) is 10.4 Å². The summed E-state index contributed by atoms with van der Waals surface area (Å²) in [4.78, 5) is 4.03. The van der Waals surface area contributed by atoms with Crippen molar-refractivity contribution in [2.45, 2.75) is 46.5 Å². The van der Waals surface area contributed by atoms with E-state index in [4.69, 9.17) is 10.1 Å². The molecule has 3 nitrogen and oxygen atoms in total. The zero-order valence-corrected chi connectivity index (χ0v) is 15.3. The molecule has 3 heteroatoms. The van der Waals surface area contributed by atoms with Crippen molar-refractivity contribution in [3.8, 4) is 0 Å². The lowest BCUT2D eigenvalue weighted by Crippen LogP contribution is -2.30. The molecule has 0 saturated heterocycles. The third-order valence-electron chi connectivity index (χ3n) is 3.63. The van der Waals surface area contributed by atoms with Gasteiger partial charge in [-0.25, -0.2) is 0 Å². The molecule has 0 radical (unpaired) electrons. The van der Waals surface area contributed by atoms with Crippen molar-refractivity contribution in [2.75, 3.05) is 0 Å². The molecule has 2 aromatic rings. The number of hydrogen-bond donors (Lipinski definition) is 1. The van der Waals surface area contributed by atoms with Gasteiger partial charge in [0.1, 0.15) is 5.76 Å². The second-order valence-corrected chi connectivity index (χ2v) is 5.63. The maximum absolute atomic E-state index is 8.40. The number of hydrogen-bond acceptors (Lipinski definition) is 3. The molecule has 0 bridgehead atoms. The van der Waals surface area contributed by atoms with E-state index in [-0.39, 0.29) is 5.90 Å². The Morgan fingerprint density at radius 3 is 2.21 bits per heavy atom. The molecule has 1 heterocycles. The van der Waals surface area contributed by atoms with Crippen molar-refractivity contribution >= 4 is 11.7 Å². The van der Waals surface area contributed by atoms with Crippen LogP contribution in [-0.4, -0.2) is 10.9 Å². The molecule has 0 amide bonds. The quantitative estimate of drug-likeness (QED) is 0.427. The number of aromatic nitrogens is 1. The number of nitrogens with zero attached hydrogens (tertiary/aromatic N) is 1. The molecule has 1 aromatic heterocycles. The molecule has 0 atom stereocenters. The fourth-order valence-electron chi connectivity index (χ4n) is 2.14. The van der Waals surface area contributed by atoms with E-state index in [0.29, 0.717) is 0 Å². The van der Waals surface area contributed by atoms with Gasteiger partial charge in [0.05, 0.1) is 5.41 Å². The van der Waals surface area contributed by atoms with E-state index in [9.17, 15) is 0 Å². The zero-order chi connectivity index (χ0) is 18.0. The third kappa shape index (κ3) is 5.05. The van der Waals surface area contributed by atoms with Crippen LogP contribution in [0.1, 0.15) is 52.2 Å². The lowest BCUT2D eigenvalue weighted by molar-refractivity contribution is 0.437. The number of ether oxygens (including phenoxy) is 1. The van der Waals surface area contributed by atoms with Crippen molar-refractivity contribution in [3.05, 3.63) is 72.1 Å². The van der Waals surface area contributed by atoms with Crippen LogP contribution in [0.25, 0.3) is 5.76 Å². The van der Waals surface area contributed by atoms with E-state index in [0.717, 1.165) is 23.3 Å². The van der Waals surface area contributed by atoms with Crippen LogP contribution in [0.3, 0.4) is 0 Å². The first-order valence-electron chi connectivity index (χ1n) is 8.48. The zero-order valence-electron chi connectivity index (χ0n) is 15.3. The second kappa shape index (κ2) is 9.66. The molecular formula is C21H28N2O. The highest BCUT2D eigenvalue weighted by atomic mass is 16.5. The largest absolute Gasteiger partial charge is 0.442 e. The Balaban J connectivity index is 0.00000139. The summed E-state index contributed by atoms with van der Waals surface area (Å²) < 4.78 is 5.92. The standard InChI is InChI=1S/C19H22N2O.C2H6/c1-4-8-17(15-9-6-5-7-10-15)22-18(20)19(2,3)16-11-13-21-14-12-16;1-2/h5-14,20H,4H2,1-3H3;1-2H3/b17-8+,20-18?;. The molecule has 2 rings (SSSR count). The van der Waals surface area contributed by atoms with Gasteiger partial charge in [-0.05, 0) is 44.0 Å². The van der Waals surface area contributed by atoms with E-state index in [1.807, 2.05) is 76.2 Å². The highest BCUT2D eigenvalue weighted by Crippen LogP contribution is 2.27. The van der Waals surface area contributed by atoms with Crippen molar-refractivity contribution in [2.24, 2.45) is 0 Å². The second-order valence-electron chi connectivity index (χ2n) is 5.63. The van der Waals surface area contributed by atoms with Crippen molar-refractivity contribution in [3.63, 3.8) is 0 Å². The molecule has 0 aliphatic heterocycles. The molecular weight excluding hydrogens is 296 g/mol. The van der Waals surface area contributed by atoms with Crippen molar-refractivity contribution < 1.29 is 4.74 Å². The van der Waals surface area contributed by atoms with Gasteiger partial charge >= 0.3 is 0 Å². The first kappa shape index (κ1) is 19.6. The monoisotopic (exact) mass is 324 g/mol. The van der Waals surface area contributed by atoms with E-state index in [1.54, 1.807) is 12.4 Å². The fourth-order valence-corrected chi connectivity index (χ4v) is 2.14. The van der Waals surface area contributed by atoms with Crippen LogP contribution in [0.5, 0.6) is 0 Å². The summed E-state index contributed by atoms with van der Waals surface area (Å²) in [6.45, 7) is 10.0. The molecule has 0 saturated carbocycles. The van der Waals surface area contributed by atoms with Gasteiger partial charge in [0, 0.05) is 18.0 Å². The summed E-state index contributed by atoms with van der Waals surface area (Å²) in [7, 11) is 0. The van der Waals surface area contributed by atoms with Gasteiger partial charge in [0.25, 0.3) is 0 Å². The van der Waals surface area contributed by atoms with Gasteiger partial charge in [0.15, 0.2) is 5.90 Å². The van der Waals surface area contributed by atoms with Gasteiger partial charge in [-0.15, -0.1) is 0 Å². The predicted octanol–water partition coefficient (Wildman–Crippen LogP) is 5.83. The van der Waals surface area contributed by atoms with Gasteiger partial charge in [-0.2, -0.15) is 0 Å². The van der Waals surface area contributed by atoms with Gasteiger partial charge in [0.2, 0.25) is 0 Å². The van der Waals surface area contributed by atoms with Crippen LogP contribution in [0.15, 0.2) is 60.9 Å². The molecule has 0 aliphatic rings. The van der Waals surface area contributed by atoms with Gasteiger partial charge < -0.3 is 4.74 Å². The van der Waals surface area contributed by atoms with E-state index in [1.165, 1.54) is 0 Å². The molecule has 1 aromatic carbocycles. The van der Waals surface area contributed by atoms with Gasteiger partial charge in [-0.1, -0.05) is 51.1 Å². The minimum Gasteiger partial charge on any atom is -0.442 e. The number of allylic oxidation sites excluding steroid dienone is 1. The maximum atomic E-state index is 8.40. The topological polar surface area (TPSA) is 46.0 Å². The predicted molar refractivity (Wildman–Crippen MR) is 102 cm³/mol. The molecule has 0 aliphatic carbocycles. The number of nitrogens with one attached hydrogen (secondary N) is 1. The lowest BCUT2D eigenvalue weighted by atomic mass is 9.85. The maximum Gasteiger partial charge on any atom is 0.197 e. The van der Waals surface area contributed by atoms with Crippen LogP contribution in [0.4, 0.5) is 0 Å². The van der Waals surface area contributed by atoms with Crippen LogP contribution < -0.4 is 0 Å². The molecule has 128 valence electrons. The summed E-state index contributed by atoms with van der Waals surface area (Å²) >= 11 is 0. The summed E-state index contributed by atoms with van der Waals surface area (Å²) in [5.41, 5.74) is 1.49.